The van der Waals surface area contributed by atoms with E-state index < -0.39 is 10.0 Å². The van der Waals surface area contributed by atoms with E-state index in [4.69, 9.17) is 16.3 Å². The molecule has 2 aromatic carbocycles. The fourth-order valence-electron chi connectivity index (χ4n) is 3.20. The van der Waals surface area contributed by atoms with Gasteiger partial charge in [-0.25, -0.2) is 0 Å². The minimum atomic E-state index is -3.72. The lowest BCUT2D eigenvalue weighted by atomic mass is 10.0. The van der Waals surface area contributed by atoms with E-state index in [9.17, 15) is 8.42 Å². The molecule has 0 bridgehead atoms. The van der Waals surface area contributed by atoms with Crippen molar-refractivity contribution in [2.45, 2.75) is 31.6 Å². The Balaban J connectivity index is 1.67. The number of nitrogens with zero attached hydrogens (tertiary/aromatic N) is 2. The van der Waals surface area contributed by atoms with Crippen molar-refractivity contribution in [3.63, 3.8) is 0 Å². The summed E-state index contributed by atoms with van der Waals surface area (Å²) in [6.07, 6.45) is 1.97. The van der Waals surface area contributed by atoms with E-state index in [-0.39, 0.29) is 4.90 Å². The smallest absolute Gasteiger partial charge is 0.283 e. The van der Waals surface area contributed by atoms with E-state index >= 15 is 0 Å². The van der Waals surface area contributed by atoms with Crippen LogP contribution < -0.4 is 4.74 Å². The van der Waals surface area contributed by atoms with Crippen LogP contribution in [0.3, 0.4) is 0 Å². The van der Waals surface area contributed by atoms with Gasteiger partial charge in [-0.15, -0.1) is 0 Å². The van der Waals surface area contributed by atoms with Crippen LogP contribution in [0.25, 0.3) is 0 Å². The first-order valence-corrected chi connectivity index (χ1v) is 11.4. The summed E-state index contributed by atoms with van der Waals surface area (Å²) in [5.41, 5.74) is 1.76. The normalized spacial score (nSPS) is 14.8. The van der Waals surface area contributed by atoms with E-state index in [2.05, 4.69) is 23.1 Å². The van der Waals surface area contributed by atoms with Gasteiger partial charge in [-0.3, -0.25) is 0 Å². The molecule has 0 atom stereocenters. The number of benzene rings is 2. The fraction of sp³-hybridized carbons (Fsp3) is 0.381. The van der Waals surface area contributed by atoms with Gasteiger partial charge >= 0.3 is 0 Å². The fourth-order valence-corrected chi connectivity index (χ4v) is 4.58. The maximum absolute atomic E-state index is 12.5. The van der Waals surface area contributed by atoms with Gasteiger partial charge in [-0.1, -0.05) is 37.6 Å². The topological polar surface area (TPSA) is 59.0 Å². The van der Waals surface area contributed by atoms with Gasteiger partial charge in [-0.2, -0.15) is 12.8 Å². The zero-order valence-electron chi connectivity index (χ0n) is 16.2. The highest BCUT2D eigenvalue weighted by Gasteiger charge is 2.30. The summed E-state index contributed by atoms with van der Waals surface area (Å²) < 4.78 is 34.7. The van der Waals surface area contributed by atoms with Crippen LogP contribution in [0.15, 0.2) is 51.8 Å². The largest absolute Gasteiger partial charge is 0.494 e. The second-order valence-electron chi connectivity index (χ2n) is 6.66. The molecule has 0 radical (unpaired) electrons. The molecule has 28 heavy (non-hydrogen) atoms. The maximum Gasteiger partial charge on any atom is 0.283 e. The summed E-state index contributed by atoms with van der Waals surface area (Å²) in [7, 11) is -3.72. The molecule has 3 rings (SSSR count). The quantitative estimate of drug-likeness (QED) is 0.565. The number of hydrogen-bond donors (Lipinski definition) is 0. The Kier molecular flexibility index (Phi) is 6.75. The first-order valence-electron chi connectivity index (χ1n) is 9.55. The van der Waals surface area contributed by atoms with Crippen LogP contribution >= 0.6 is 11.6 Å². The molecule has 0 spiro atoms. The molecule has 0 saturated carbocycles. The van der Waals surface area contributed by atoms with Gasteiger partial charge in [0, 0.05) is 22.2 Å². The van der Waals surface area contributed by atoms with Gasteiger partial charge in [0.15, 0.2) is 0 Å². The second kappa shape index (κ2) is 9.07. The van der Waals surface area contributed by atoms with E-state index in [1.807, 2.05) is 0 Å². The highest BCUT2D eigenvalue weighted by Crippen LogP contribution is 2.32. The molecule has 0 aliphatic carbocycles. The molecule has 1 heterocycles. The Morgan fingerprint density at radius 1 is 1.04 bits per heavy atom. The van der Waals surface area contributed by atoms with Crippen molar-refractivity contribution in [3.8, 4) is 5.75 Å². The first kappa shape index (κ1) is 20.8. The summed E-state index contributed by atoms with van der Waals surface area (Å²) >= 11 is 5.92. The third-order valence-electron chi connectivity index (χ3n) is 4.85. The predicted octanol–water partition coefficient (Wildman–Crippen LogP) is 4.38. The average Bonchev–Trinajstić information content (AvgIpc) is 2.96. The lowest BCUT2D eigenvalue weighted by Gasteiger charge is -2.17. The molecule has 0 fully saturated rings. The van der Waals surface area contributed by atoms with Crippen LogP contribution in [0.4, 0.5) is 0 Å². The number of unbranched alkanes of at least 4 members (excludes halogenated alkanes) is 1. The monoisotopic (exact) mass is 420 g/mol. The van der Waals surface area contributed by atoms with Gasteiger partial charge < -0.3 is 9.64 Å². The third kappa shape index (κ3) is 4.74. The lowest BCUT2D eigenvalue weighted by Crippen LogP contribution is -2.24. The van der Waals surface area contributed by atoms with Gasteiger partial charge in [0.1, 0.15) is 10.6 Å². The SMILES string of the molecule is CCN(CC)CCCCOc1ccc2c(c1)S(=O)(=O)N=C2c1ccc(Cl)cc1. The molecular weight excluding hydrogens is 396 g/mol. The van der Waals surface area contributed by atoms with Crippen LogP contribution in [-0.2, 0) is 10.0 Å². The molecule has 2 aromatic rings. The number of ether oxygens (including phenoxy) is 1. The first-order chi connectivity index (χ1) is 13.4. The summed E-state index contributed by atoms with van der Waals surface area (Å²) in [5.74, 6) is 0.553. The molecule has 1 aliphatic rings. The molecule has 0 N–H and O–H groups in total. The van der Waals surface area contributed by atoms with Crippen LogP contribution in [0.1, 0.15) is 37.8 Å². The minimum absolute atomic E-state index is 0.193. The molecule has 7 heteroatoms. The lowest BCUT2D eigenvalue weighted by molar-refractivity contribution is 0.266. The molecule has 150 valence electrons. The van der Waals surface area contributed by atoms with Gasteiger partial charge in [-0.05, 0) is 56.7 Å². The van der Waals surface area contributed by atoms with Crippen molar-refractivity contribution in [1.82, 2.24) is 4.90 Å². The van der Waals surface area contributed by atoms with E-state index in [1.165, 1.54) is 0 Å². The van der Waals surface area contributed by atoms with Gasteiger partial charge in [0.2, 0.25) is 0 Å². The molecule has 5 nitrogen and oxygen atoms in total. The Hall–Kier alpha value is -1.89. The number of rotatable bonds is 9. The number of sulfonamides is 1. The summed E-state index contributed by atoms with van der Waals surface area (Å²) in [4.78, 5) is 2.57. The number of hydrogen-bond acceptors (Lipinski definition) is 4. The van der Waals surface area contributed by atoms with Crippen molar-refractivity contribution in [1.29, 1.82) is 0 Å². The molecule has 0 unspecified atom stereocenters. The van der Waals surface area contributed by atoms with Crippen molar-refractivity contribution < 1.29 is 13.2 Å². The minimum Gasteiger partial charge on any atom is -0.494 e. The van der Waals surface area contributed by atoms with Gasteiger partial charge in [0.25, 0.3) is 10.0 Å². The maximum atomic E-state index is 12.5. The van der Waals surface area contributed by atoms with Crippen LogP contribution in [0, 0.1) is 0 Å². The molecule has 0 aromatic heterocycles. The average molecular weight is 421 g/mol. The molecule has 1 aliphatic heterocycles. The van der Waals surface area contributed by atoms with Crippen LogP contribution in [0.5, 0.6) is 5.75 Å². The molecule has 0 amide bonds. The summed E-state index contributed by atoms with van der Waals surface area (Å²) in [5, 5.41) is 0.593. The predicted molar refractivity (Wildman–Crippen MR) is 113 cm³/mol. The van der Waals surface area contributed by atoms with Crippen LogP contribution in [0.2, 0.25) is 5.02 Å². The number of halogens is 1. The molecule has 0 saturated heterocycles. The summed E-state index contributed by atoms with van der Waals surface area (Å²) in [6, 6.07) is 12.1. The zero-order valence-corrected chi connectivity index (χ0v) is 17.8. The summed E-state index contributed by atoms with van der Waals surface area (Å²) in [6.45, 7) is 8.03. The Morgan fingerprint density at radius 3 is 2.43 bits per heavy atom. The number of fused-ring (bicyclic) bond motifs is 1. The Morgan fingerprint density at radius 2 is 1.75 bits per heavy atom. The van der Waals surface area contributed by atoms with E-state index in [1.54, 1.807) is 42.5 Å². The third-order valence-corrected chi connectivity index (χ3v) is 6.42. The van der Waals surface area contributed by atoms with E-state index in [0.717, 1.165) is 38.0 Å². The van der Waals surface area contributed by atoms with Crippen LogP contribution in [-0.4, -0.2) is 45.3 Å². The highest BCUT2D eigenvalue weighted by atomic mass is 35.5. The zero-order chi connectivity index (χ0) is 20.1. The van der Waals surface area contributed by atoms with Gasteiger partial charge in [0.05, 0.1) is 12.3 Å². The highest BCUT2D eigenvalue weighted by molar-refractivity contribution is 7.90. The standard InChI is InChI=1S/C21H25ClN2O3S/c1-3-24(4-2)13-5-6-14-27-18-11-12-19-20(15-18)28(25,26)23-21(19)16-7-9-17(22)10-8-16/h7-12,15H,3-6,13-14H2,1-2H3. The van der Waals surface area contributed by atoms with Crippen molar-refractivity contribution in [2.75, 3.05) is 26.2 Å². The van der Waals surface area contributed by atoms with Crippen molar-refractivity contribution in [2.24, 2.45) is 4.40 Å². The van der Waals surface area contributed by atoms with E-state index in [0.29, 0.717) is 28.7 Å². The van der Waals surface area contributed by atoms with Crippen molar-refractivity contribution >= 4 is 27.3 Å². The molecular formula is C21H25ClN2O3S. The Bertz CT molecular complexity index is 952. The second-order valence-corrected chi connectivity index (χ2v) is 8.67. The van der Waals surface area contributed by atoms with Crippen molar-refractivity contribution in [3.05, 3.63) is 58.6 Å². The Labute approximate surface area is 172 Å².